The van der Waals surface area contributed by atoms with Crippen LogP contribution in [0, 0.1) is 6.92 Å². The number of thiazole rings is 1. The Balaban J connectivity index is 1.43. The van der Waals surface area contributed by atoms with Crippen LogP contribution < -0.4 is 10.2 Å². The van der Waals surface area contributed by atoms with Crippen molar-refractivity contribution in [3.05, 3.63) is 65.2 Å². The lowest BCUT2D eigenvalue weighted by Gasteiger charge is -2.42. The Morgan fingerprint density at radius 2 is 1.90 bits per heavy atom. The Morgan fingerprint density at radius 3 is 2.67 bits per heavy atom. The first-order chi connectivity index (χ1) is 14.4. The number of thioether (sulfide) groups is 1. The van der Waals surface area contributed by atoms with E-state index in [1.54, 1.807) is 30.1 Å². The van der Waals surface area contributed by atoms with Gasteiger partial charge in [0.2, 0.25) is 11.8 Å². The van der Waals surface area contributed by atoms with Crippen LogP contribution in [0.1, 0.15) is 25.1 Å². The third kappa shape index (κ3) is 4.00. The van der Waals surface area contributed by atoms with E-state index < -0.39 is 5.54 Å². The van der Waals surface area contributed by atoms with Gasteiger partial charge in [0.15, 0.2) is 0 Å². The molecular weight excluding hydrogens is 414 g/mol. The zero-order valence-corrected chi connectivity index (χ0v) is 18.8. The Morgan fingerprint density at radius 1 is 1.17 bits per heavy atom. The average molecular weight is 438 g/mol. The first-order valence-electron chi connectivity index (χ1n) is 9.69. The van der Waals surface area contributed by atoms with Crippen LogP contribution in [0.15, 0.2) is 53.9 Å². The lowest BCUT2D eigenvalue weighted by molar-refractivity contribution is -0.125. The maximum atomic E-state index is 13.1. The number of amides is 2. The van der Waals surface area contributed by atoms with Crippen molar-refractivity contribution < 1.29 is 9.59 Å². The number of para-hydroxylation sites is 2. The zero-order valence-electron chi connectivity index (χ0n) is 17.1. The number of fused-ring (bicyclic) bond motifs is 1. The maximum absolute atomic E-state index is 13.1. The SMILES string of the molecule is Cc1ccc(-c2nc(CSCC(=O)N3c4ccccc4NC(=O)C3(C)C)cs2)cc1. The molecule has 30 heavy (non-hydrogen) atoms. The first kappa shape index (κ1) is 20.6. The second kappa shape index (κ2) is 8.24. The Labute approximate surface area is 184 Å². The van der Waals surface area contributed by atoms with Crippen LogP contribution >= 0.6 is 23.1 Å². The summed E-state index contributed by atoms with van der Waals surface area (Å²) in [6.45, 7) is 5.61. The minimum Gasteiger partial charge on any atom is -0.322 e. The molecule has 7 heteroatoms. The molecule has 0 unspecified atom stereocenters. The highest BCUT2D eigenvalue weighted by Gasteiger charge is 2.43. The van der Waals surface area contributed by atoms with Crippen molar-refractivity contribution in [1.82, 2.24) is 4.98 Å². The van der Waals surface area contributed by atoms with E-state index in [-0.39, 0.29) is 17.6 Å². The number of aryl methyl sites for hydroxylation is 1. The molecule has 2 aromatic carbocycles. The van der Waals surface area contributed by atoms with Crippen molar-refractivity contribution >= 4 is 46.3 Å². The van der Waals surface area contributed by atoms with Crippen LogP contribution in [0.5, 0.6) is 0 Å². The maximum Gasteiger partial charge on any atom is 0.250 e. The highest BCUT2D eigenvalue weighted by molar-refractivity contribution is 7.99. The number of hydrogen-bond donors (Lipinski definition) is 1. The fraction of sp³-hybridized carbons (Fsp3) is 0.261. The molecule has 0 saturated carbocycles. The van der Waals surface area contributed by atoms with Crippen molar-refractivity contribution in [1.29, 1.82) is 0 Å². The molecule has 5 nitrogen and oxygen atoms in total. The lowest BCUT2D eigenvalue weighted by atomic mass is 9.96. The van der Waals surface area contributed by atoms with Crippen LogP contribution in [0.2, 0.25) is 0 Å². The van der Waals surface area contributed by atoms with Gasteiger partial charge in [-0.1, -0.05) is 42.0 Å². The van der Waals surface area contributed by atoms with Crippen molar-refractivity contribution in [2.24, 2.45) is 0 Å². The van der Waals surface area contributed by atoms with Gasteiger partial charge in [0, 0.05) is 16.7 Å². The van der Waals surface area contributed by atoms with Gasteiger partial charge in [-0.25, -0.2) is 4.98 Å². The van der Waals surface area contributed by atoms with E-state index in [1.165, 1.54) is 17.3 Å². The molecule has 1 N–H and O–H groups in total. The molecule has 4 rings (SSSR count). The molecule has 3 aromatic rings. The topological polar surface area (TPSA) is 62.3 Å². The van der Waals surface area contributed by atoms with E-state index in [4.69, 9.17) is 4.98 Å². The largest absolute Gasteiger partial charge is 0.322 e. The molecule has 2 amide bonds. The number of anilines is 2. The monoisotopic (exact) mass is 437 g/mol. The summed E-state index contributed by atoms with van der Waals surface area (Å²) >= 11 is 3.13. The first-order valence-corrected chi connectivity index (χ1v) is 11.7. The van der Waals surface area contributed by atoms with Crippen molar-refractivity contribution in [2.75, 3.05) is 16.0 Å². The molecule has 2 heterocycles. The minimum atomic E-state index is -0.939. The normalized spacial score (nSPS) is 14.9. The van der Waals surface area contributed by atoms with E-state index in [1.807, 2.05) is 29.6 Å². The van der Waals surface area contributed by atoms with Gasteiger partial charge in [-0.05, 0) is 32.9 Å². The number of hydrogen-bond acceptors (Lipinski definition) is 5. The van der Waals surface area contributed by atoms with Crippen LogP contribution in [0.4, 0.5) is 11.4 Å². The molecule has 0 fully saturated rings. The number of benzene rings is 2. The summed E-state index contributed by atoms with van der Waals surface area (Å²) in [5, 5.41) is 5.92. The van der Waals surface area contributed by atoms with E-state index in [0.717, 1.165) is 22.0 Å². The molecule has 0 aliphatic carbocycles. The molecule has 0 saturated heterocycles. The van der Waals surface area contributed by atoms with Crippen molar-refractivity contribution in [3.63, 3.8) is 0 Å². The summed E-state index contributed by atoms with van der Waals surface area (Å²) < 4.78 is 0. The highest BCUT2D eigenvalue weighted by Crippen LogP contribution is 2.37. The van der Waals surface area contributed by atoms with Gasteiger partial charge in [-0.15, -0.1) is 23.1 Å². The standard InChI is InChI=1S/C23H23N3O2S2/c1-15-8-10-16(11-9-15)21-24-17(13-30-21)12-29-14-20(27)26-19-7-5-4-6-18(19)25-22(28)23(26,2)3/h4-11,13H,12,14H2,1-3H3,(H,25,28). The molecular formula is C23H23N3O2S2. The van der Waals surface area contributed by atoms with E-state index in [9.17, 15) is 9.59 Å². The Bertz CT molecular complexity index is 1090. The van der Waals surface area contributed by atoms with Gasteiger partial charge in [0.25, 0.3) is 0 Å². The van der Waals surface area contributed by atoms with Crippen molar-refractivity contribution in [3.8, 4) is 10.6 Å². The lowest BCUT2D eigenvalue weighted by Crippen LogP contribution is -2.58. The summed E-state index contributed by atoms with van der Waals surface area (Å²) in [5.74, 6) is 0.668. The summed E-state index contributed by atoms with van der Waals surface area (Å²) in [7, 11) is 0. The fourth-order valence-corrected chi connectivity index (χ4v) is 5.10. The third-order valence-corrected chi connectivity index (χ3v) is 6.97. The average Bonchev–Trinajstić information content (AvgIpc) is 3.18. The van der Waals surface area contributed by atoms with Crippen LogP contribution in [0.3, 0.4) is 0 Å². The Hall–Kier alpha value is -2.64. The number of aromatic nitrogens is 1. The van der Waals surface area contributed by atoms with E-state index in [2.05, 4.69) is 36.5 Å². The molecule has 0 radical (unpaired) electrons. The molecule has 1 aromatic heterocycles. The number of nitrogens with one attached hydrogen (secondary N) is 1. The molecule has 0 spiro atoms. The van der Waals surface area contributed by atoms with Crippen LogP contribution in [0.25, 0.3) is 10.6 Å². The predicted octanol–water partition coefficient (Wildman–Crippen LogP) is 5.12. The van der Waals surface area contributed by atoms with Crippen LogP contribution in [-0.2, 0) is 15.3 Å². The summed E-state index contributed by atoms with van der Waals surface area (Å²) in [4.78, 5) is 31.9. The van der Waals surface area contributed by atoms with Gasteiger partial charge in [-0.2, -0.15) is 0 Å². The van der Waals surface area contributed by atoms with Gasteiger partial charge < -0.3 is 5.32 Å². The molecule has 0 bridgehead atoms. The number of carbonyl (C=O) groups is 2. The molecule has 1 aliphatic rings. The number of rotatable bonds is 5. The van der Waals surface area contributed by atoms with Gasteiger partial charge in [-0.3, -0.25) is 14.5 Å². The van der Waals surface area contributed by atoms with Gasteiger partial charge in [0.05, 0.1) is 22.8 Å². The summed E-state index contributed by atoms with van der Waals surface area (Å²) in [6, 6.07) is 15.7. The Kier molecular flexibility index (Phi) is 5.66. The van der Waals surface area contributed by atoms with Gasteiger partial charge >= 0.3 is 0 Å². The third-order valence-electron chi connectivity index (χ3n) is 5.08. The quantitative estimate of drug-likeness (QED) is 0.602. The minimum absolute atomic E-state index is 0.0821. The van der Waals surface area contributed by atoms with Gasteiger partial charge in [0.1, 0.15) is 10.5 Å². The second-order valence-electron chi connectivity index (χ2n) is 7.76. The summed E-state index contributed by atoms with van der Waals surface area (Å²) in [6.07, 6.45) is 0. The fourth-order valence-electron chi connectivity index (χ4n) is 3.41. The van der Waals surface area contributed by atoms with E-state index in [0.29, 0.717) is 11.4 Å². The van der Waals surface area contributed by atoms with Crippen molar-refractivity contribution in [2.45, 2.75) is 32.1 Å². The smallest absolute Gasteiger partial charge is 0.250 e. The van der Waals surface area contributed by atoms with E-state index >= 15 is 0 Å². The number of carbonyl (C=O) groups excluding carboxylic acids is 2. The number of nitrogens with zero attached hydrogens (tertiary/aromatic N) is 2. The predicted molar refractivity (Wildman–Crippen MR) is 125 cm³/mol. The van der Waals surface area contributed by atoms with Crippen LogP contribution in [-0.4, -0.2) is 28.1 Å². The highest BCUT2D eigenvalue weighted by atomic mass is 32.2. The molecule has 1 aliphatic heterocycles. The second-order valence-corrected chi connectivity index (χ2v) is 9.61. The zero-order chi connectivity index (χ0) is 21.3. The molecule has 154 valence electrons. The molecule has 0 atom stereocenters. The summed E-state index contributed by atoms with van der Waals surface area (Å²) in [5.41, 5.74) is 3.76.